The van der Waals surface area contributed by atoms with Gasteiger partial charge in [0.15, 0.2) is 0 Å². The number of carbonyl (C=O) groups excluding carboxylic acids is 1. The highest BCUT2D eigenvalue weighted by molar-refractivity contribution is 5.97. The second kappa shape index (κ2) is 8.89. The van der Waals surface area contributed by atoms with Crippen molar-refractivity contribution >= 4 is 11.6 Å². The number of aryl methyl sites for hydroxylation is 1. The SMILES string of the molecule is O=C(C1CCCCC1)N1c2ccccc2CCC1CN1CCCC1c1ccccn1. The highest BCUT2D eigenvalue weighted by Crippen LogP contribution is 2.37. The molecule has 1 saturated carbocycles. The van der Waals surface area contributed by atoms with Crippen LogP contribution in [0.15, 0.2) is 48.7 Å². The Bertz CT molecular complexity index is 862. The maximum absolute atomic E-state index is 13.7. The number of nitrogens with zero attached hydrogens (tertiary/aromatic N) is 3. The van der Waals surface area contributed by atoms with Crippen LogP contribution in [0.4, 0.5) is 5.69 Å². The van der Waals surface area contributed by atoms with Crippen molar-refractivity contribution in [2.75, 3.05) is 18.0 Å². The third-order valence-electron chi connectivity index (χ3n) is 7.39. The number of likely N-dealkylation sites (tertiary alicyclic amines) is 1. The number of hydrogen-bond donors (Lipinski definition) is 0. The van der Waals surface area contributed by atoms with Gasteiger partial charge < -0.3 is 4.90 Å². The lowest BCUT2D eigenvalue weighted by Crippen LogP contribution is -2.51. The molecule has 1 aromatic heterocycles. The Balaban J connectivity index is 1.40. The number of aromatic nitrogens is 1. The first kappa shape index (κ1) is 19.7. The number of para-hydroxylation sites is 1. The first-order valence-electron chi connectivity index (χ1n) is 11.9. The molecule has 2 aliphatic heterocycles. The van der Waals surface area contributed by atoms with Gasteiger partial charge >= 0.3 is 0 Å². The predicted octanol–water partition coefficient (Wildman–Crippen LogP) is 5.15. The number of pyridine rings is 1. The van der Waals surface area contributed by atoms with Crippen LogP contribution in [0.5, 0.6) is 0 Å². The van der Waals surface area contributed by atoms with Crippen LogP contribution in [-0.2, 0) is 11.2 Å². The van der Waals surface area contributed by atoms with Crippen LogP contribution in [0, 0.1) is 5.92 Å². The number of amides is 1. The minimum Gasteiger partial charge on any atom is -0.308 e. The first-order chi connectivity index (χ1) is 14.8. The van der Waals surface area contributed by atoms with Gasteiger partial charge in [-0.25, -0.2) is 0 Å². The van der Waals surface area contributed by atoms with Crippen molar-refractivity contribution < 1.29 is 4.79 Å². The third-order valence-corrected chi connectivity index (χ3v) is 7.39. The molecule has 0 N–H and O–H groups in total. The molecular formula is C26H33N3O. The average Bonchev–Trinajstić information content (AvgIpc) is 3.28. The van der Waals surface area contributed by atoms with E-state index in [1.165, 1.54) is 36.9 Å². The van der Waals surface area contributed by atoms with Crippen molar-refractivity contribution in [2.24, 2.45) is 5.92 Å². The van der Waals surface area contributed by atoms with E-state index >= 15 is 0 Å². The molecule has 1 amide bonds. The fourth-order valence-corrected chi connectivity index (χ4v) is 5.85. The molecule has 2 aromatic rings. The molecule has 4 heteroatoms. The van der Waals surface area contributed by atoms with Crippen LogP contribution in [0.3, 0.4) is 0 Å². The van der Waals surface area contributed by atoms with Crippen LogP contribution < -0.4 is 4.90 Å². The van der Waals surface area contributed by atoms with Crippen LogP contribution in [0.25, 0.3) is 0 Å². The van der Waals surface area contributed by atoms with Crippen molar-refractivity contribution in [3.05, 3.63) is 59.9 Å². The van der Waals surface area contributed by atoms with Crippen molar-refractivity contribution in [1.29, 1.82) is 0 Å². The summed E-state index contributed by atoms with van der Waals surface area (Å²) in [5, 5.41) is 0. The zero-order valence-electron chi connectivity index (χ0n) is 17.9. The first-order valence-corrected chi connectivity index (χ1v) is 11.9. The van der Waals surface area contributed by atoms with Crippen molar-refractivity contribution in [3.63, 3.8) is 0 Å². The summed E-state index contributed by atoms with van der Waals surface area (Å²) in [5.41, 5.74) is 3.68. The standard InChI is InChI=1S/C26H33N3O/c30-26(21-10-2-1-3-11-21)29-22(16-15-20-9-4-5-13-24(20)29)19-28-18-8-14-25(28)23-12-6-7-17-27-23/h4-7,9,12-13,17,21-22,25H,1-3,8,10-11,14-16,18-19H2. The second-order valence-corrected chi connectivity index (χ2v) is 9.27. The Morgan fingerprint density at radius 1 is 0.933 bits per heavy atom. The van der Waals surface area contributed by atoms with Crippen LogP contribution in [0.2, 0.25) is 0 Å². The Kier molecular flexibility index (Phi) is 5.85. The van der Waals surface area contributed by atoms with Gasteiger partial charge in [-0.2, -0.15) is 0 Å². The monoisotopic (exact) mass is 403 g/mol. The lowest BCUT2D eigenvalue weighted by molar-refractivity contribution is -0.124. The van der Waals surface area contributed by atoms with E-state index in [1.54, 1.807) is 0 Å². The molecule has 2 atom stereocenters. The summed E-state index contributed by atoms with van der Waals surface area (Å²) in [6.07, 6.45) is 12.2. The van der Waals surface area contributed by atoms with Gasteiger partial charge in [0, 0.05) is 30.4 Å². The lowest BCUT2D eigenvalue weighted by Gasteiger charge is -2.42. The number of carbonyl (C=O) groups is 1. The van der Waals surface area contributed by atoms with E-state index in [9.17, 15) is 4.79 Å². The number of anilines is 1. The molecule has 0 bridgehead atoms. The van der Waals surface area contributed by atoms with Gasteiger partial charge in [0.05, 0.1) is 11.7 Å². The van der Waals surface area contributed by atoms with E-state index in [4.69, 9.17) is 0 Å². The molecule has 5 rings (SSSR count). The van der Waals surface area contributed by atoms with Crippen LogP contribution >= 0.6 is 0 Å². The number of fused-ring (bicyclic) bond motifs is 1. The third kappa shape index (κ3) is 3.90. The molecule has 0 radical (unpaired) electrons. The van der Waals surface area contributed by atoms with Gasteiger partial charge in [0.1, 0.15) is 0 Å². The number of benzene rings is 1. The molecular weight excluding hydrogens is 370 g/mol. The maximum atomic E-state index is 13.7. The molecule has 1 aliphatic carbocycles. The summed E-state index contributed by atoms with van der Waals surface area (Å²) in [7, 11) is 0. The molecule has 30 heavy (non-hydrogen) atoms. The average molecular weight is 404 g/mol. The number of rotatable bonds is 4. The Labute approximate surface area is 180 Å². The van der Waals surface area contributed by atoms with Gasteiger partial charge in [-0.05, 0) is 68.8 Å². The molecule has 2 fully saturated rings. The summed E-state index contributed by atoms with van der Waals surface area (Å²) in [6, 6.07) is 15.5. The summed E-state index contributed by atoms with van der Waals surface area (Å²) in [5.74, 6) is 0.581. The van der Waals surface area contributed by atoms with E-state index in [0.717, 1.165) is 50.9 Å². The van der Waals surface area contributed by atoms with Crippen LogP contribution in [0.1, 0.15) is 68.7 Å². The van der Waals surface area contributed by atoms with Gasteiger partial charge in [-0.3, -0.25) is 14.7 Å². The van der Waals surface area contributed by atoms with E-state index < -0.39 is 0 Å². The molecule has 0 spiro atoms. The topological polar surface area (TPSA) is 36.4 Å². The molecule has 2 unspecified atom stereocenters. The largest absolute Gasteiger partial charge is 0.308 e. The van der Waals surface area contributed by atoms with Gasteiger partial charge in [-0.15, -0.1) is 0 Å². The number of hydrogen-bond acceptors (Lipinski definition) is 3. The summed E-state index contributed by atoms with van der Waals surface area (Å²) in [4.78, 5) is 23.2. The molecule has 158 valence electrons. The van der Waals surface area contributed by atoms with E-state index in [2.05, 4.69) is 51.2 Å². The molecule has 4 nitrogen and oxygen atoms in total. The van der Waals surface area contributed by atoms with Gasteiger partial charge in [-0.1, -0.05) is 43.5 Å². The summed E-state index contributed by atoms with van der Waals surface area (Å²) in [6.45, 7) is 2.05. The molecule has 3 heterocycles. The van der Waals surface area contributed by atoms with Crippen LogP contribution in [-0.4, -0.2) is 34.9 Å². The van der Waals surface area contributed by atoms with Gasteiger partial charge in [0.2, 0.25) is 5.91 Å². The van der Waals surface area contributed by atoms with E-state index in [1.807, 2.05) is 12.3 Å². The van der Waals surface area contributed by atoms with Crippen molar-refractivity contribution in [2.45, 2.75) is 69.9 Å². The second-order valence-electron chi connectivity index (χ2n) is 9.27. The normalized spacial score (nSPS) is 25.3. The smallest absolute Gasteiger partial charge is 0.230 e. The fourth-order valence-electron chi connectivity index (χ4n) is 5.85. The summed E-state index contributed by atoms with van der Waals surface area (Å²) < 4.78 is 0. The highest BCUT2D eigenvalue weighted by Gasteiger charge is 2.38. The Morgan fingerprint density at radius 3 is 2.60 bits per heavy atom. The predicted molar refractivity (Wildman–Crippen MR) is 120 cm³/mol. The van der Waals surface area contributed by atoms with Gasteiger partial charge in [0.25, 0.3) is 0 Å². The summed E-state index contributed by atoms with van der Waals surface area (Å²) >= 11 is 0. The lowest BCUT2D eigenvalue weighted by atomic mass is 9.86. The van der Waals surface area contributed by atoms with E-state index in [-0.39, 0.29) is 12.0 Å². The zero-order chi connectivity index (χ0) is 20.3. The molecule has 1 aromatic carbocycles. The minimum absolute atomic E-state index is 0.206. The fraction of sp³-hybridized carbons (Fsp3) is 0.538. The van der Waals surface area contributed by atoms with Crippen molar-refractivity contribution in [1.82, 2.24) is 9.88 Å². The minimum atomic E-state index is 0.206. The molecule has 3 aliphatic rings. The molecule has 1 saturated heterocycles. The quantitative estimate of drug-likeness (QED) is 0.709. The maximum Gasteiger partial charge on any atom is 0.230 e. The van der Waals surface area contributed by atoms with Crippen molar-refractivity contribution in [3.8, 4) is 0 Å². The Morgan fingerprint density at radius 2 is 1.77 bits per heavy atom. The zero-order valence-corrected chi connectivity index (χ0v) is 17.9. The van der Waals surface area contributed by atoms with E-state index in [0.29, 0.717) is 11.9 Å². The highest BCUT2D eigenvalue weighted by atomic mass is 16.2. The Hall–Kier alpha value is -2.20.